The van der Waals surface area contributed by atoms with E-state index in [-0.39, 0.29) is 5.91 Å². The Kier molecular flexibility index (Phi) is 5.36. The summed E-state index contributed by atoms with van der Waals surface area (Å²) in [5.74, 6) is 0.0209. The Morgan fingerprint density at radius 1 is 1.10 bits per heavy atom. The Morgan fingerprint density at radius 2 is 1.80 bits per heavy atom. The number of aryl methyl sites for hydroxylation is 2. The second-order valence-electron chi connectivity index (χ2n) is 4.79. The molecule has 2 rings (SSSR count). The summed E-state index contributed by atoms with van der Waals surface area (Å²) in [5.41, 5.74) is 4.33. The second-order valence-corrected chi connectivity index (χ2v) is 5.58. The second kappa shape index (κ2) is 7.25. The zero-order chi connectivity index (χ0) is 14.4. The van der Waals surface area contributed by atoms with E-state index >= 15 is 0 Å². The smallest absolute Gasteiger partial charge is 0.228 e. The molecule has 2 aromatic rings. The Hall–Kier alpha value is -1.61. The molecule has 2 nitrogen and oxygen atoms in total. The van der Waals surface area contributed by atoms with Crippen LogP contribution in [0.2, 0.25) is 0 Å². The molecular formula is C17H18BrNO. The van der Waals surface area contributed by atoms with Crippen molar-refractivity contribution < 1.29 is 4.79 Å². The predicted molar refractivity (Wildman–Crippen MR) is 87.5 cm³/mol. The van der Waals surface area contributed by atoms with Crippen molar-refractivity contribution >= 4 is 27.5 Å². The van der Waals surface area contributed by atoms with Crippen molar-refractivity contribution in [2.24, 2.45) is 0 Å². The van der Waals surface area contributed by atoms with E-state index in [4.69, 9.17) is 0 Å². The standard InChI is InChI=1S/C17H18BrNO/c1-13-4-2-3-5-15(13)12-17(20)19-16-8-6-14(7-9-16)10-11-18/h2-9H,10-12H2,1H3,(H,19,20). The van der Waals surface area contributed by atoms with E-state index < -0.39 is 0 Å². The number of benzene rings is 2. The number of hydrogen-bond donors (Lipinski definition) is 1. The van der Waals surface area contributed by atoms with Crippen molar-refractivity contribution in [3.63, 3.8) is 0 Å². The summed E-state index contributed by atoms with van der Waals surface area (Å²) >= 11 is 3.42. The van der Waals surface area contributed by atoms with Gasteiger partial charge in [0.15, 0.2) is 0 Å². The zero-order valence-electron chi connectivity index (χ0n) is 11.5. The minimum Gasteiger partial charge on any atom is -0.326 e. The van der Waals surface area contributed by atoms with E-state index in [1.807, 2.05) is 55.5 Å². The summed E-state index contributed by atoms with van der Waals surface area (Å²) in [6.45, 7) is 2.03. The highest BCUT2D eigenvalue weighted by Gasteiger charge is 2.06. The minimum atomic E-state index is 0.0209. The van der Waals surface area contributed by atoms with Crippen LogP contribution in [0.25, 0.3) is 0 Å². The molecule has 0 atom stereocenters. The van der Waals surface area contributed by atoms with Crippen LogP contribution in [-0.4, -0.2) is 11.2 Å². The number of anilines is 1. The maximum absolute atomic E-state index is 12.0. The fourth-order valence-corrected chi connectivity index (χ4v) is 2.51. The lowest BCUT2D eigenvalue weighted by molar-refractivity contribution is -0.115. The van der Waals surface area contributed by atoms with Crippen LogP contribution in [0.15, 0.2) is 48.5 Å². The molecule has 0 spiro atoms. The van der Waals surface area contributed by atoms with Crippen molar-refractivity contribution in [1.82, 2.24) is 0 Å². The first kappa shape index (κ1) is 14.8. The molecule has 3 heteroatoms. The zero-order valence-corrected chi connectivity index (χ0v) is 13.1. The van der Waals surface area contributed by atoms with Gasteiger partial charge in [0.1, 0.15) is 0 Å². The number of hydrogen-bond acceptors (Lipinski definition) is 1. The number of alkyl halides is 1. The lowest BCUT2D eigenvalue weighted by Crippen LogP contribution is -2.14. The van der Waals surface area contributed by atoms with Crippen LogP contribution in [-0.2, 0) is 17.6 Å². The summed E-state index contributed by atoms with van der Waals surface area (Å²) in [7, 11) is 0. The van der Waals surface area contributed by atoms with Crippen LogP contribution >= 0.6 is 15.9 Å². The van der Waals surface area contributed by atoms with E-state index in [2.05, 4.69) is 21.2 Å². The molecule has 0 saturated carbocycles. The van der Waals surface area contributed by atoms with Crippen molar-refractivity contribution in [3.8, 4) is 0 Å². The van der Waals surface area contributed by atoms with Crippen LogP contribution in [0.3, 0.4) is 0 Å². The average Bonchev–Trinajstić information content (AvgIpc) is 2.44. The highest BCUT2D eigenvalue weighted by molar-refractivity contribution is 9.09. The van der Waals surface area contributed by atoms with Gasteiger partial charge in [-0.2, -0.15) is 0 Å². The van der Waals surface area contributed by atoms with Crippen LogP contribution in [0.5, 0.6) is 0 Å². The molecule has 0 aliphatic heterocycles. The van der Waals surface area contributed by atoms with Crippen molar-refractivity contribution in [3.05, 3.63) is 65.2 Å². The molecule has 0 unspecified atom stereocenters. The molecule has 0 saturated heterocycles. The highest BCUT2D eigenvalue weighted by Crippen LogP contribution is 2.13. The molecule has 0 radical (unpaired) electrons. The molecule has 0 heterocycles. The Morgan fingerprint density at radius 3 is 2.45 bits per heavy atom. The minimum absolute atomic E-state index is 0.0209. The Labute approximate surface area is 128 Å². The van der Waals surface area contributed by atoms with E-state index in [1.54, 1.807) is 0 Å². The fourth-order valence-electron chi connectivity index (χ4n) is 2.05. The summed E-state index contributed by atoms with van der Waals surface area (Å²) in [6, 6.07) is 16.0. The third kappa shape index (κ3) is 4.20. The lowest BCUT2D eigenvalue weighted by atomic mass is 10.1. The van der Waals surface area contributed by atoms with E-state index in [0.29, 0.717) is 6.42 Å². The maximum Gasteiger partial charge on any atom is 0.228 e. The summed E-state index contributed by atoms with van der Waals surface area (Å²) < 4.78 is 0. The topological polar surface area (TPSA) is 29.1 Å². The summed E-state index contributed by atoms with van der Waals surface area (Å²) in [5, 5.41) is 3.89. The van der Waals surface area contributed by atoms with Gasteiger partial charge in [-0.15, -0.1) is 0 Å². The number of nitrogens with one attached hydrogen (secondary N) is 1. The van der Waals surface area contributed by atoms with E-state index in [9.17, 15) is 4.79 Å². The normalized spacial score (nSPS) is 10.3. The third-order valence-corrected chi connectivity index (χ3v) is 3.63. The van der Waals surface area contributed by atoms with Gasteiger partial charge < -0.3 is 5.32 Å². The van der Waals surface area contributed by atoms with Crippen molar-refractivity contribution in [2.75, 3.05) is 10.6 Å². The molecule has 2 aromatic carbocycles. The summed E-state index contributed by atoms with van der Waals surface area (Å²) in [6.07, 6.45) is 1.41. The van der Waals surface area contributed by atoms with Crippen LogP contribution in [0.4, 0.5) is 5.69 Å². The van der Waals surface area contributed by atoms with Gasteiger partial charge in [-0.05, 0) is 42.2 Å². The maximum atomic E-state index is 12.0. The first-order chi connectivity index (χ1) is 9.69. The van der Waals surface area contributed by atoms with E-state index in [0.717, 1.165) is 28.6 Å². The monoisotopic (exact) mass is 331 g/mol. The predicted octanol–water partition coefficient (Wildman–Crippen LogP) is 4.11. The van der Waals surface area contributed by atoms with Gasteiger partial charge in [0.05, 0.1) is 6.42 Å². The van der Waals surface area contributed by atoms with Crippen molar-refractivity contribution in [2.45, 2.75) is 19.8 Å². The molecule has 1 N–H and O–H groups in total. The Balaban J connectivity index is 1.96. The molecule has 1 amide bonds. The van der Waals surface area contributed by atoms with Crippen LogP contribution < -0.4 is 5.32 Å². The molecule has 0 aliphatic carbocycles. The molecule has 0 fully saturated rings. The van der Waals surface area contributed by atoms with Gasteiger partial charge >= 0.3 is 0 Å². The van der Waals surface area contributed by atoms with Gasteiger partial charge in [-0.1, -0.05) is 52.3 Å². The highest BCUT2D eigenvalue weighted by atomic mass is 79.9. The SMILES string of the molecule is Cc1ccccc1CC(=O)Nc1ccc(CCBr)cc1. The molecule has 0 bridgehead atoms. The fraction of sp³-hybridized carbons (Fsp3) is 0.235. The number of carbonyl (C=O) groups excluding carboxylic acids is 1. The number of halogens is 1. The molecule has 0 aliphatic rings. The van der Waals surface area contributed by atoms with Gasteiger partial charge in [0.2, 0.25) is 5.91 Å². The van der Waals surface area contributed by atoms with Crippen molar-refractivity contribution in [1.29, 1.82) is 0 Å². The van der Waals surface area contributed by atoms with Gasteiger partial charge in [0, 0.05) is 11.0 Å². The molecule has 104 valence electrons. The number of rotatable bonds is 5. The summed E-state index contributed by atoms with van der Waals surface area (Å²) in [4.78, 5) is 12.0. The Bertz CT molecular complexity index is 578. The number of amides is 1. The quantitative estimate of drug-likeness (QED) is 0.820. The van der Waals surface area contributed by atoms with Gasteiger partial charge in [0.25, 0.3) is 0 Å². The average molecular weight is 332 g/mol. The molecule has 20 heavy (non-hydrogen) atoms. The first-order valence-corrected chi connectivity index (χ1v) is 7.80. The number of carbonyl (C=O) groups is 1. The lowest BCUT2D eigenvalue weighted by Gasteiger charge is -2.08. The van der Waals surface area contributed by atoms with Gasteiger partial charge in [-0.25, -0.2) is 0 Å². The molecular weight excluding hydrogens is 314 g/mol. The third-order valence-electron chi connectivity index (χ3n) is 3.23. The molecule has 0 aromatic heterocycles. The first-order valence-electron chi connectivity index (χ1n) is 6.68. The van der Waals surface area contributed by atoms with Gasteiger partial charge in [-0.3, -0.25) is 4.79 Å². The van der Waals surface area contributed by atoms with E-state index in [1.165, 1.54) is 5.56 Å². The van der Waals surface area contributed by atoms with Crippen LogP contribution in [0, 0.1) is 6.92 Å². The largest absolute Gasteiger partial charge is 0.326 e. The van der Waals surface area contributed by atoms with Crippen LogP contribution in [0.1, 0.15) is 16.7 Å².